The summed E-state index contributed by atoms with van der Waals surface area (Å²) in [7, 11) is 1.34. The van der Waals surface area contributed by atoms with Crippen molar-refractivity contribution in [1.82, 2.24) is 16.0 Å². The van der Waals surface area contributed by atoms with E-state index in [1.807, 2.05) is 5.32 Å². The highest BCUT2D eigenvalue weighted by Gasteiger charge is 2.19. The van der Waals surface area contributed by atoms with Crippen LogP contribution in [0.25, 0.3) is 0 Å². The number of rotatable bonds is 9. The molecule has 0 fully saturated rings. The molecule has 1 aromatic carbocycles. The number of benzene rings is 1. The van der Waals surface area contributed by atoms with Crippen molar-refractivity contribution in [3.63, 3.8) is 0 Å². The van der Waals surface area contributed by atoms with Gasteiger partial charge in [0.25, 0.3) is 5.91 Å². The molecule has 9 nitrogen and oxygen atoms in total. The Morgan fingerprint density at radius 1 is 1.00 bits per heavy atom. The lowest BCUT2D eigenvalue weighted by atomic mass is 10.1. The number of nitrogens with one attached hydrogen (secondary N) is 3. The SMILES string of the molecule is CNC(=O)NC(=O)C(C)OC(=O)CCNC(=O)CCC(=O)c1ccccc1. The standard InChI is InChI=1S/C18H23N3O6/c1-12(17(25)21-18(26)19-2)27-16(24)10-11-20-15(23)9-8-14(22)13-6-4-3-5-7-13/h3-7,12H,8-11H2,1-2H3,(H,20,23)(H2,19,21,25,26). The number of Topliss-reactive ketones (excluding diaryl/α,β-unsaturated/α-hetero) is 1. The second kappa shape index (κ2) is 11.4. The molecule has 0 aliphatic carbocycles. The van der Waals surface area contributed by atoms with Gasteiger partial charge in [-0.1, -0.05) is 30.3 Å². The lowest BCUT2D eigenvalue weighted by Gasteiger charge is -2.12. The molecule has 4 amide bonds. The van der Waals surface area contributed by atoms with Crippen LogP contribution in [0.1, 0.15) is 36.5 Å². The quantitative estimate of drug-likeness (QED) is 0.425. The lowest BCUT2D eigenvalue weighted by Crippen LogP contribution is -2.43. The van der Waals surface area contributed by atoms with Crippen molar-refractivity contribution in [2.45, 2.75) is 32.3 Å². The summed E-state index contributed by atoms with van der Waals surface area (Å²) < 4.78 is 4.86. The number of carbonyl (C=O) groups is 5. The molecule has 0 saturated heterocycles. The van der Waals surface area contributed by atoms with Crippen LogP contribution in [0.2, 0.25) is 0 Å². The summed E-state index contributed by atoms with van der Waals surface area (Å²) in [6.07, 6.45) is -1.21. The van der Waals surface area contributed by atoms with Crippen LogP contribution >= 0.6 is 0 Å². The number of hydrogen-bond donors (Lipinski definition) is 3. The highest BCUT2D eigenvalue weighted by Crippen LogP contribution is 2.05. The van der Waals surface area contributed by atoms with Gasteiger partial charge in [0.1, 0.15) is 0 Å². The molecule has 0 saturated carbocycles. The van der Waals surface area contributed by atoms with Crippen molar-refractivity contribution in [3.05, 3.63) is 35.9 Å². The maximum atomic E-state index is 11.9. The van der Waals surface area contributed by atoms with Crippen molar-refractivity contribution in [3.8, 4) is 0 Å². The minimum Gasteiger partial charge on any atom is -0.452 e. The van der Waals surface area contributed by atoms with E-state index < -0.39 is 24.0 Å². The normalized spacial score (nSPS) is 11.0. The third kappa shape index (κ3) is 8.61. The number of urea groups is 1. The summed E-state index contributed by atoms with van der Waals surface area (Å²) in [6.45, 7) is 1.34. The monoisotopic (exact) mass is 377 g/mol. The fourth-order valence-corrected chi connectivity index (χ4v) is 1.97. The van der Waals surface area contributed by atoms with E-state index in [4.69, 9.17) is 4.74 Å². The molecule has 1 rings (SSSR count). The predicted molar refractivity (Wildman–Crippen MR) is 95.8 cm³/mol. The van der Waals surface area contributed by atoms with Gasteiger partial charge in [-0.2, -0.15) is 0 Å². The van der Waals surface area contributed by atoms with E-state index in [0.29, 0.717) is 5.56 Å². The van der Waals surface area contributed by atoms with Gasteiger partial charge in [0, 0.05) is 32.0 Å². The molecular weight excluding hydrogens is 354 g/mol. The van der Waals surface area contributed by atoms with Crippen LogP contribution in [0.15, 0.2) is 30.3 Å². The Morgan fingerprint density at radius 3 is 2.30 bits per heavy atom. The highest BCUT2D eigenvalue weighted by atomic mass is 16.5. The van der Waals surface area contributed by atoms with Gasteiger partial charge in [0.05, 0.1) is 6.42 Å². The average molecular weight is 377 g/mol. The van der Waals surface area contributed by atoms with Crippen LogP contribution in [0.3, 0.4) is 0 Å². The van der Waals surface area contributed by atoms with E-state index >= 15 is 0 Å². The van der Waals surface area contributed by atoms with Crippen molar-refractivity contribution >= 4 is 29.6 Å². The molecule has 0 aliphatic rings. The Bertz CT molecular complexity index is 690. The molecule has 146 valence electrons. The van der Waals surface area contributed by atoms with Crippen LogP contribution in [0.5, 0.6) is 0 Å². The third-order valence-corrected chi connectivity index (χ3v) is 3.47. The van der Waals surface area contributed by atoms with Gasteiger partial charge in [-0.15, -0.1) is 0 Å². The molecule has 1 unspecified atom stereocenters. The van der Waals surface area contributed by atoms with Crippen LogP contribution in [-0.2, 0) is 19.1 Å². The second-order valence-electron chi connectivity index (χ2n) is 5.59. The van der Waals surface area contributed by atoms with E-state index in [-0.39, 0.29) is 37.5 Å². The molecule has 0 bridgehead atoms. The average Bonchev–Trinajstić information content (AvgIpc) is 2.66. The van der Waals surface area contributed by atoms with Gasteiger partial charge in [-0.05, 0) is 6.92 Å². The Balaban J connectivity index is 2.23. The van der Waals surface area contributed by atoms with Crippen LogP contribution in [-0.4, -0.2) is 49.3 Å². The first kappa shape index (κ1) is 21.8. The molecule has 0 radical (unpaired) electrons. The zero-order valence-corrected chi connectivity index (χ0v) is 15.2. The largest absolute Gasteiger partial charge is 0.452 e. The summed E-state index contributed by atoms with van der Waals surface area (Å²) in [5.74, 6) is -1.96. The predicted octanol–water partition coefficient (Wildman–Crippen LogP) is 0.543. The molecule has 3 N–H and O–H groups in total. The van der Waals surface area contributed by atoms with Crippen molar-refractivity contribution in [2.75, 3.05) is 13.6 Å². The van der Waals surface area contributed by atoms with Gasteiger partial charge >= 0.3 is 12.0 Å². The minimum absolute atomic E-state index is 0.00765. The van der Waals surface area contributed by atoms with E-state index in [9.17, 15) is 24.0 Å². The van der Waals surface area contributed by atoms with E-state index in [1.54, 1.807) is 30.3 Å². The van der Waals surface area contributed by atoms with Crippen LogP contribution < -0.4 is 16.0 Å². The first-order valence-corrected chi connectivity index (χ1v) is 8.40. The van der Waals surface area contributed by atoms with Gasteiger partial charge < -0.3 is 15.4 Å². The summed E-state index contributed by atoms with van der Waals surface area (Å²) in [5, 5.41) is 6.69. The first-order chi connectivity index (χ1) is 12.8. The maximum absolute atomic E-state index is 11.9. The molecule has 27 heavy (non-hydrogen) atoms. The van der Waals surface area contributed by atoms with E-state index in [2.05, 4.69) is 10.6 Å². The molecule has 1 atom stereocenters. The Kier molecular flexibility index (Phi) is 9.21. The number of imide groups is 1. The molecule has 0 spiro atoms. The number of ether oxygens (including phenoxy) is 1. The lowest BCUT2D eigenvalue weighted by molar-refractivity contribution is -0.154. The Morgan fingerprint density at radius 2 is 1.67 bits per heavy atom. The summed E-state index contributed by atoms with van der Waals surface area (Å²) >= 11 is 0. The minimum atomic E-state index is -1.14. The zero-order valence-electron chi connectivity index (χ0n) is 15.2. The third-order valence-electron chi connectivity index (χ3n) is 3.47. The van der Waals surface area contributed by atoms with Crippen molar-refractivity contribution < 1.29 is 28.7 Å². The van der Waals surface area contributed by atoms with Gasteiger partial charge in [0.2, 0.25) is 5.91 Å². The number of hydrogen-bond acceptors (Lipinski definition) is 6. The molecule has 0 aliphatic heterocycles. The van der Waals surface area contributed by atoms with E-state index in [0.717, 1.165) is 0 Å². The van der Waals surface area contributed by atoms with Crippen molar-refractivity contribution in [1.29, 1.82) is 0 Å². The summed E-state index contributed by atoms with van der Waals surface area (Å²) in [6, 6.07) is 7.94. The van der Waals surface area contributed by atoms with Gasteiger partial charge in [-0.3, -0.25) is 24.5 Å². The highest BCUT2D eigenvalue weighted by molar-refractivity contribution is 5.98. The Hall–Kier alpha value is -3.23. The number of ketones is 1. The van der Waals surface area contributed by atoms with Crippen LogP contribution in [0, 0.1) is 0 Å². The molecule has 0 aromatic heterocycles. The molecule has 9 heteroatoms. The van der Waals surface area contributed by atoms with Gasteiger partial charge in [-0.25, -0.2) is 4.79 Å². The number of carbonyl (C=O) groups excluding carboxylic acids is 5. The first-order valence-electron chi connectivity index (χ1n) is 8.40. The Labute approximate surface area is 156 Å². The summed E-state index contributed by atoms with van der Waals surface area (Å²) in [4.78, 5) is 57.8. The summed E-state index contributed by atoms with van der Waals surface area (Å²) in [5.41, 5.74) is 0.540. The second-order valence-corrected chi connectivity index (χ2v) is 5.59. The zero-order chi connectivity index (χ0) is 20.2. The molecule has 1 aromatic rings. The number of esters is 1. The smallest absolute Gasteiger partial charge is 0.321 e. The number of amides is 4. The van der Waals surface area contributed by atoms with Crippen molar-refractivity contribution in [2.24, 2.45) is 0 Å². The fourth-order valence-electron chi connectivity index (χ4n) is 1.97. The fraction of sp³-hybridized carbons (Fsp3) is 0.389. The topological polar surface area (TPSA) is 131 Å². The van der Waals surface area contributed by atoms with E-state index in [1.165, 1.54) is 14.0 Å². The molecule has 0 heterocycles. The maximum Gasteiger partial charge on any atom is 0.321 e. The molecular formula is C18H23N3O6. The van der Waals surface area contributed by atoms with Gasteiger partial charge in [0.15, 0.2) is 11.9 Å². The van der Waals surface area contributed by atoms with Crippen LogP contribution in [0.4, 0.5) is 4.79 Å².